The Morgan fingerprint density at radius 1 is 0.588 bits per heavy atom. The van der Waals surface area contributed by atoms with Crippen LogP contribution in [-0.2, 0) is 19.1 Å². The zero-order chi connectivity index (χ0) is 24.9. The summed E-state index contributed by atoms with van der Waals surface area (Å²) in [6.45, 7) is 7.50. The lowest BCUT2D eigenvalue weighted by atomic mass is 9.90. The first-order valence-electron chi connectivity index (χ1n) is 14.7. The lowest BCUT2D eigenvalue weighted by molar-refractivity contribution is -0.143. The number of carbonyl (C=O) groups is 2. The van der Waals surface area contributed by atoms with Crippen LogP contribution in [0.4, 0.5) is 0 Å². The molecule has 0 aromatic carbocycles. The number of unbranched alkanes of at least 4 members (excludes halogenated alkanes) is 12. The van der Waals surface area contributed by atoms with Gasteiger partial charge >= 0.3 is 11.9 Å². The Morgan fingerprint density at radius 2 is 1.03 bits per heavy atom. The van der Waals surface area contributed by atoms with Gasteiger partial charge < -0.3 is 9.47 Å². The summed E-state index contributed by atoms with van der Waals surface area (Å²) in [4.78, 5) is 26.4. The van der Waals surface area contributed by atoms with E-state index in [-0.39, 0.29) is 17.9 Å². The molecule has 0 heterocycles. The molecule has 0 spiro atoms. The van der Waals surface area contributed by atoms with E-state index < -0.39 is 0 Å². The molecule has 0 aliphatic heterocycles. The summed E-state index contributed by atoms with van der Waals surface area (Å²) < 4.78 is 11.4. The molecule has 0 unspecified atom stereocenters. The van der Waals surface area contributed by atoms with Crippen molar-refractivity contribution in [2.45, 2.75) is 149 Å². The van der Waals surface area contributed by atoms with Gasteiger partial charge in [0.2, 0.25) is 0 Å². The Kier molecular flexibility index (Phi) is 19.0. The molecule has 34 heavy (non-hydrogen) atoms. The van der Waals surface area contributed by atoms with Crippen molar-refractivity contribution in [3.63, 3.8) is 0 Å². The maximum Gasteiger partial charge on any atom is 0.334 e. The third-order valence-corrected chi connectivity index (χ3v) is 7.05. The van der Waals surface area contributed by atoms with Gasteiger partial charge in [0.25, 0.3) is 0 Å². The minimum Gasteiger partial charge on any atom is -0.462 e. The third-order valence-electron chi connectivity index (χ3n) is 7.05. The van der Waals surface area contributed by atoms with Crippen molar-refractivity contribution in [1.82, 2.24) is 0 Å². The second kappa shape index (κ2) is 21.0. The summed E-state index contributed by atoms with van der Waals surface area (Å²) in [5.41, 5.74) is 1.26. The van der Waals surface area contributed by atoms with Gasteiger partial charge in [-0.2, -0.15) is 0 Å². The Hall–Kier alpha value is -1.32. The molecule has 0 N–H and O–H groups in total. The fraction of sp³-hybridized carbons (Fsp3) is 0.867. The van der Waals surface area contributed by atoms with Crippen LogP contribution in [0.15, 0.2) is 11.1 Å². The normalized spacial score (nSPS) is 14.8. The predicted octanol–water partition coefficient (Wildman–Crippen LogP) is 8.86. The summed E-state index contributed by atoms with van der Waals surface area (Å²) in [6.07, 6.45) is 21.8. The monoisotopic (exact) mass is 478 g/mol. The zero-order valence-corrected chi connectivity index (χ0v) is 22.8. The van der Waals surface area contributed by atoms with Gasteiger partial charge in [0.05, 0.1) is 18.8 Å². The molecule has 1 rings (SSSR count). The molecular formula is C30H54O4. The van der Waals surface area contributed by atoms with Crippen molar-refractivity contribution in [3.05, 3.63) is 11.1 Å². The Bertz CT molecular complexity index is 560. The van der Waals surface area contributed by atoms with Crippen molar-refractivity contribution in [2.75, 3.05) is 13.2 Å². The maximum absolute atomic E-state index is 13.2. The molecule has 1 saturated carbocycles. The van der Waals surface area contributed by atoms with E-state index in [1.54, 1.807) is 0 Å². The molecule has 0 aromatic heterocycles. The molecule has 4 nitrogen and oxygen atoms in total. The number of ether oxygens (including phenoxy) is 2. The van der Waals surface area contributed by atoms with Crippen LogP contribution in [0.3, 0.4) is 0 Å². The van der Waals surface area contributed by atoms with Gasteiger partial charge in [0, 0.05) is 5.57 Å². The SMILES string of the molecule is CCCCCCCCOC(=O)C(CCCCC)=C(C(=O)OCCCCCCCC)C1CCCC1. The van der Waals surface area contributed by atoms with Crippen LogP contribution in [-0.4, -0.2) is 25.2 Å². The van der Waals surface area contributed by atoms with E-state index in [2.05, 4.69) is 20.8 Å². The summed E-state index contributed by atoms with van der Waals surface area (Å²) in [7, 11) is 0. The van der Waals surface area contributed by atoms with E-state index in [4.69, 9.17) is 9.47 Å². The molecule has 0 bridgehead atoms. The van der Waals surface area contributed by atoms with Gasteiger partial charge in [-0.25, -0.2) is 9.59 Å². The third kappa shape index (κ3) is 13.5. The Labute approximate surface area is 210 Å². The van der Waals surface area contributed by atoms with Crippen LogP contribution in [0.2, 0.25) is 0 Å². The van der Waals surface area contributed by atoms with E-state index in [1.165, 1.54) is 51.4 Å². The molecule has 0 radical (unpaired) electrons. The van der Waals surface area contributed by atoms with Gasteiger partial charge in [-0.1, -0.05) is 111 Å². The Morgan fingerprint density at radius 3 is 1.56 bits per heavy atom. The molecule has 1 aliphatic rings. The highest BCUT2D eigenvalue weighted by Crippen LogP contribution is 2.35. The van der Waals surface area contributed by atoms with Crippen LogP contribution < -0.4 is 0 Å². The molecular weight excluding hydrogens is 424 g/mol. The van der Waals surface area contributed by atoms with Gasteiger partial charge in [-0.3, -0.25) is 0 Å². The van der Waals surface area contributed by atoms with Crippen LogP contribution in [0.25, 0.3) is 0 Å². The minimum atomic E-state index is -0.275. The van der Waals surface area contributed by atoms with Crippen LogP contribution in [0.1, 0.15) is 149 Å². The summed E-state index contributed by atoms with van der Waals surface area (Å²) in [6, 6.07) is 0. The highest BCUT2D eigenvalue weighted by atomic mass is 16.5. The number of esters is 2. The van der Waals surface area contributed by atoms with Gasteiger partial charge in [0.1, 0.15) is 0 Å². The lowest BCUT2D eigenvalue weighted by Gasteiger charge is -2.19. The molecule has 0 atom stereocenters. The van der Waals surface area contributed by atoms with Crippen molar-refractivity contribution < 1.29 is 19.1 Å². The van der Waals surface area contributed by atoms with E-state index >= 15 is 0 Å². The van der Waals surface area contributed by atoms with E-state index in [1.807, 2.05) is 0 Å². The highest BCUT2D eigenvalue weighted by molar-refractivity contribution is 6.00. The smallest absolute Gasteiger partial charge is 0.334 e. The summed E-state index contributed by atoms with van der Waals surface area (Å²) in [5, 5.41) is 0. The van der Waals surface area contributed by atoms with Crippen molar-refractivity contribution >= 4 is 11.9 Å². The fourth-order valence-electron chi connectivity index (χ4n) is 4.91. The predicted molar refractivity (Wildman–Crippen MR) is 142 cm³/mol. The molecule has 0 aromatic rings. The zero-order valence-electron chi connectivity index (χ0n) is 22.8. The quantitative estimate of drug-likeness (QED) is 0.0939. The maximum atomic E-state index is 13.2. The van der Waals surface area contributed by atoms with Crippen molar-refractivity contribution in [1.29, 1.82) is 0 Å². The molecule has 1 aliphatic carbocycles. The van der Waals surface area contributed by atoms with E-state index in [9.17, 15) is 9.59 Å². The minimum absolute atomic E-state index is 0.148. The van der Waals surface area contributed by atoms with E-state index in [0.29, 0.717) is 30.8 Å². The standard InChI is InChI=1S/C30H54O4/c1-4-7-10-12-14-19-24-33-29(31)27(23-16-9-6-3)28(26-21-17-18-22-26)30(32)34-25-20-15-13-11-8-5-2/h26H,4-25H2,1-3H3. The molecule has 0 saturated heterocycles. The van der Waals surface area contributed by atoms with E-state index in [0.717, 1.165) is 70.6 Å². The van der Waals surface area contributed by atoms with Crippen molar-refractivity contribution in [2.24, 2.45) is 5.92 Å². The number of rotatable bonds is 21. The van der Waals surface area contributed by atoms with Crippen LogP contribution >= 0.6 is 0 Å². The molecule has 0 amide bonds. The molecule has 198 valence electrons. The highest BCUT2D eigenvalue weighted by Gasteiger charge is 2.31. The summed E-state index contributed by atoms with van der Waals surface area (Å²) >= 11 is 0. The lowest BCUT2D eigenvalue weighted by Crippen LogP contribution is -2.22. The second-order valence-electron chi connectivity index (χ2n) is 10.1. The molecule has 4 heteroatoms. The molecule has 1 fully saturated rings. The summed E-state index contributed by atoms with van der Waals surface area (Å²) in [5.74, 6) is -0.387. The van der Waals surface area contributed by atoms with Crippen LogP contribution in [0, 0.1) is 5.92 Å². The average molecular weight is 479 g/mol. The largest absolute Gasteiger partial charge is 0.462 e. The van der Waals surface area contributed by atoms with Crippen molar-refractivity contribution in [3.8, 4) is 0 Å². The van der Waals surface area contributed by atoms with Gasteiger partial charge in [-0.05, 0) is 44.4 Å². The Balaban J connectivity index is 2.76. The second-order valence-corrected chi connectivity index (χ2v) is 10.1. The first-order valence-corrected chi connectivity index (χ1v) is 14.7. The number of hydrogen-bond acceptors (Lipinski definition) is 4. The van der Waals surface area contributed by atoms with Gasteiger partial charge in [-0.15, -0.1) is 0 Å². The average Bonchev–Trinajstić information content (AvgIpc) is 3.36. The first kappa shape index (κ1) is 30.7. The number of hydrogen-bond donors (Lipinski definition) is 0. The topological polar surface area (TPSA) is 52.6 Å². The van der Waals surface area contributed by atoms with Crippen LogP contribution in [0.5, 0.6) is 0 Å². The first-order chi connectivity index (χ1) is 16.7. The number of carbonyl (C=O) groups excluding carboxylic acids is 2. The van der Waals surface area contributed by atoms with Gasteiger partial charge in [0.15, 0.2) is 0 Å². The fourth-order valence-corrected chi connectivity index (χ4v) is 4.91.